The first-order valence-corrected chi connectivity index (χ1v) is 9.12. The number of carbonyl (C=O) groups excluding carboxylic acids is 1. The number of Topliss-reactive ketones (excluding diaryl/α,β-unsaturated/α-hetero) is 1. The average Bonchev–Trinajstić information content (AvgIpc) is 2.79. The summed E-state index contributed by atoms with van der Waals surface area (Å²) in [5, 5.41) is 3.95. The molecule has 1 aliphatic heterocycles. The van der Waals surface area contributed by atoms with E-state index in [1.807, 2.05) is 19.1 Å². The number of nitrogens with zero attached hydrogens (tertiary/aromatic N) is 1. The molecule has 90 valence electrons. The number of aryl methyl sites for hydroxylation is 1. The van der Waals surface area contributed by atoms with Crippen molar-refractivity contribution in [1.29, 1.82) is 0 Å². The number of allylic oxidation sites excluding steroid dienone is 3. The molecule has 0 radical (unpaired) electrons. The molecule has 1 aromatic rings. The Bertz CT molecular complexity index is 623. The Kier molecular flexibility index (Phi) is 4.38. The SMILES string of the molecule is C=Cc1nc(C(=O)C2=CC=I[C]([Al]=[CH2])=C2)[nH]c1C. The first-order chi connectivity index (χ1) is 8.65. The second kappa shape index (κ2) is 5.83. The summed E-state index contributed by atoms with van der Waals surface area (Å²) < 4.78 is 3.47. The van der Waals surface area contributed by atoms with Gasteiger partial charge >= 0.3 is 122 Å². The molecule has 2 rings (SSSR count). The summed E-state index contributed by atoms with van der Waals surface area (Å²) in [5.41, 5.74) is 2.31. The average molecular weight is 366 g/mol. The van der Waals surface area contributed by atoms with E-state index in [4.69, 9.17) is 0 Å². The topological polar surface area (TPSA) is 45.8 Å². The fourth-order valence-corrected chi connectivity index (χ4v) is 4.70. The summed E-state index contributed by atoms with van der Waals surface area (Å²) in [6.45, 7) is 5.56. The summed E-state index contributed by atoms with van der Waals surface area (Å²) in [6, 6.07) is 0. The van der Waals surface area contributed by atoms with Crippen LogP contribution in [0.2, 0.25) is 0 Å². The second-order valence-electron chi connectivity index (χ2n) is 3.72. The zero-order valence-electron chi connectivity index (χ0n) is 10.0. The quantitative estimate of drug-likeness (QED) is 0.505. The molecule has 5 heteroatoms. The Morgan fingerprint density at radius 2 is 2.39 bits per heavy atom. The summed E-state index contributed by atoms with van der Waals surface area (Å²) in [6.07, 6.45) is 5.54. The molecule has 18 heavy (non-hydrogen) atoms. The Balaban J connectivity index is 2.35. The number of nitrogens with one attached hydrogen (secondary N) is 1. The fourth-order valence-electron chi connectivity index (χ4n) is 1.56. The molecular weight excluding hydrogens is 354 g/mol. The Morgan fingerprint density at radius 3 is 3.00 bits per heavy atom. The third-order valence-electron chi connectivity index (χ3n) is 2.51. The summed E-state index contributed by atoms with van der Waals surface area (Å²) in [7, 11) is 0. The Labute approximate surface area is 122 Å². The van der Waals surface area contributed by atoms with E-state index in [9.17, 15) is 4.79 Å². The molecule has 0 aromatic carbocycles. The normalized spacial score (nSPS) is 14.1. The zero-order valence-corrected chi connectivity index (χ0v) is 13.3. The van der Waals surface area contributed by atoms with E-state index < -0.39 is 0 Å². The maximum absolute atomic E-state index is 12.3. The molecule has 0 saturated carbocycles. The van der Waals surface area contributed by atoms with E-state index in [0.717, 1.165) is 11.4 Å². The molecule has 0 aliphatic carbocycles. The van der Waals surface area contributed by atoms with E-state index in [0.29, 0.717) is 11.4 Å². The number of ketones is 1. The second-order valence-corrected chi connectivity index (χ2v) is 8.51. The third-order valence-corrected chi connectivity index (χ3v) is 6.99. The van der Waals surface area contributed by atoms with E-state index in [1.54, 1.807) is 6.08 Å². The first-order valence-electron chi connectivity index (χ1n) is 5.40. The van der Waals surface area contributed by atoms with Crippen LogP contribution >= 0.6 is 20.7 Å². The number of hydrogen-bond donors (Lipinski definition) is 1. The van der Waals surface area contributed by atoms with Crippen LogP contribution < -0.4 is 0 Å². The first kappa shape index (κ1) is 13.5. The summed E-state index contributed by atoms with van der Waals surface area (Å²) >= 11 is 0.0276. The number of rotatable bonds is 4. The van der Waals surface area contributed by atoms with Crippen molar-refractivity contribution < 1.29 is 4.79 Å². The van der Waals surface area contributed by atoms with Gasteiger partial charge in [-0.3, -0.25) is 0 Å². The summed E-state index contributed by atoms with van der Waals surface area (Å²) in [4.78, 5) is 19.5. The van der Waals surface area contributed by atoms with Gasteiger partial charge in [0.1, 0.15) is 0 Å². The van der Waals surface area contributed by atoms with Crippen LogP contribution in [0, 0.1) is 6.92 Å². The molecule has 0 unspecified atom stereocenters. The van der Waals surface area contributed by atoms with Crippen LogP contribution in [-0.4, -0.2) is 39.9 Å². The van der Waals surface area contributed by atoms with Crippen molar-refractivity contribution in [3.8, 4) is 0 Å². The van der Waals surface area contributed by atoms with Crippen LogP contribution in [0.3, 0.4) is 0 Å². The minimum absolute atomic E-state index is 0.0432. The van der Waals surface area contributed by atoms with E-state index in [-0.39, 0.29) is 41.3 Å². The van der Waals surface area contributed by atoms with Crippen molar-refractivity contribution in [3.63, 3.8) is 0 Å². The van der Waals surface area contributed by atoms with Gasteiger partial charge in [-0.2, -0.15) is 0 Å². The van der Waals surface area contributed by atoms with Gasteiger partial charge in [0, 0.05) is 0 Å². The molecule has 0 spiro atoms. The van der Waals surface area contributed by atoms with Crippen LogP contribution in [0.15, 0.2) is 26.7 Å². The molecule has 0 atom stereocenters. The van der Waals surface area contributed by atoms with Crippen molar-refractivity contribution in [2.75, 3.05) is 0 Å². The van der Waals surface area contributed by atoms with Crippen molar-refractivity contribution in [2.24, 2.45) is 0 Å². The fraction of sp³-hybridized carbons (Fsp3) is 0.0769. The van der Waals surface area contributed by atoms with E-state index >= 15 is 0 Å². The van der Waals surface area contributed by atoms with Gasteiger partial charge in [-0.25, -0.2) is 0 Å². The van der Waals surface area contributed by atoms with Gasteiger partial charge in [-0.1, -0.05) is 0 Å². The molecule has 1 aliphatic rings. The van der Waals surface area contributed by atoms with Gasteiger partial charge in [-0.15, -0.1) is 0 Å². The van der Waals surface area contributed by atoms with Gasteiger partial charge in [0.25, 0.3) is 0 Å². The molecule has 2 heterocycles. The van der Waals surface area contributed by atoms with Gasteiger partial charge in [0.15, 0.2) is 0 Å². The van der Waals surface area contributed by atoms with Crippen LogP contribution in [0.25, 0.3) is 6.08 Å². The van der Waals surface area contributed by atoms with Crippen molar-refractivity contribution in [3.05, 3.63) is 44.0 Å². The zero-order chi connectivity index (χ0) is 13.1. The van der Waals surface area contributed by atoms with Crippen LogP contribution in [0.5, 0.6) is 0 Å². The van der Waals surface area contributed by atoms with Gasteiger partial charge in [0.2, 0.25) is 0 Å². The molecule has 1 N–H and O–H groups in total. The number of carbonyl (C=O) groups is 1. The Morgan fingerprint density at radius 1 is 1.61 bits per heavy atom. The summed E-state index contributed by atoms with van der Waals surface area (Å²) in [5.74, 6) is 0.327. The molecule has 0 amide bonds. The molecular formula is C13H12AlIN2O. The Hall–Kier alpha value is -0.898. The number of halogens is 1. The third kappa shape index (κ3) is 2.74. The van der Waals surface area contributed by atoms with E-state index in [2.05, 4.69) is 25.9 Å². The predicted molar refractivity (Wildman–Crippen MR) is 86.9 cm³/mol. The number of hydrogen-bond acceptors (Lipinski definition) is 2. The minimum atomic E-state index is -0.0588. The van der Waals surface area contributed by atoms with Crippen molar-refractivity contribution in [2.45, 2.75) is 6.92 Å². The van der Waals surface area contributed by atoms with Crippen LogP contribution in [-0.2, 0) is 0 Å². The number of aromatic amines is 1. The van der Waals surface area contributed by atoms with Gasteiger partial charge in [-0.05, 0) is 0 Å². The van der Waals surface area contributed by atoms with Gasteiger partial charge in [0.05, 0.1) is 0 Å². The van der Waals surface area contributed by atoms with Crippen LogP contribution in [0.1, 0.15) is 22.0 Å². The van der Waals surface area contributed by atoms with Crippen LogP contribution in [0.4, 0.5) is 0 Å². The molecule has 1 aromatic heterocycles. The predicted octanol–water partition coefficient (Wildman–Crippen LogP) is 2.23. The van der Waals surface area contributed by atoms with Gasteiger partial charge < -0.3 is 0 Å². The number of H-pyrrole nitrogens is 1. The molecule has 3 nitrogen and oxygen atoms in total. The molecule has 0 saturated heterocycles. The monoisotopic (exact) mass is 366 g/mol. The van der Waals surface area contributed by atoms with Crippen molar-refractivity contribution in [1.82, 2.24) is 9.97 Å². The number of imidazole rings is 1. The molecule has 0 bridgehead atoms. The molecule has 0 fully saturated rings. The maximum atomic E-state index is 12.3. The van der Waals surface area contributed by atoms with E-state index in [1.165, 1.54) is 2.44 Å². The standard InChI is InChI=1S/C12H10IN2O.CH2.Al/c1-3-10-8(2)14-12(15-10)11(16)9-4-6-13-7-5-9;;/h3-6H,1H2,2H3,(H,14,15);1H2;. The number of aromatic nitrogens is 2. The van der Waals surface area contributed by atoms with Crippen molar-refractivity contribution >= 4 is 56.8 Å².